The zero-order valence-electron chi connectivity index (χ0n) is 11.5. The maximum atomic E-state index is 10.8. The van der Waals surface area contributed by atoms with Gasteiger partial charge in [-0.05, 0) is 12.5 Å². The van der Waals surface area contributed by atoms with Gasteiger partial charge in [0.1, 0.15) is 17.5 Å². The van der Waals surface area contributed by atoms with Gasteiger partial charge in [-0.1, -0.05) is 12.1 Å². The molecule has 2 aromatic rings. The number of imidazole rings is 1. The third-order valence-electron chi connectivity index (χ3n) is 3.42. The number of hydrogen-bond acceptors (Lipinski definition) is 6. The number of hydrogen-bond donors (Lipinski definition) is 2. The summed E-state index contributed by atoms with van der Waals surface area (Å²) in [5.41, 5.74) is 7.31. The van der Waals surface area contributed by atoms with Crippen molar-refractivity contribution in [3.63, 3.8) is 0 Å². The Hall–Kier alpha value is -3.34. The molecule has 3 rings (SSSR count). The molecule has 0 fully saturated rings. The molecule has 0 saturated carbocycles. The molecule has 8 heteroatoms. The number of fused-ring (bicyclic) bond motifs is 1. The summed E-state index contributed by atoms with van der Waals surface area (Å²) in [5.74, 6) is 0.446. The predicted molar refractivity (Wildman–Crippen MR) is 75.7 cm³/mol. The summed E-state index contributed by atoms with van der Waals surface area (Å²) in [5, 5.41) is 20.1. The van der Waals surface area contributed by atoms with Crippen LogP contribution in [0.5, 0.6) is 5.88 Å². The number of non-ortho nitro benzene ring substituents is 1. The van der Waals surface area contributed by atoms with Crippen molar-refractivity contribution in [1.82, 2.24) is 9.97 Å². The average Bonchev–Trinajstić information content (AvgIpc) is 2.85. The number of allylic oxidation sites excluding steroid dienone is 1. The molecule has 0 radical (unpaired) electrons. The summed E-state index contributed by atoms with van der Waals surface area (Å²) in [7, 11) is 0. The first-order chi connectivity index (χ1) is 10.5. The predicted octanol–water partition coefficient (Wildman–Crippen LogP) is 1.84. The highest BCUT2D eigenvalue weighted by Gasteiger charge is 2.33. The molecule has 2 heterocycles. The van der Waals surface area contributed by atoms with E-state index in [1.54, 1.807) is 19.1 Å². The number of nitrogens with two attached hydrogens (primary N) is 1. The van der Waals surface area contributed by atoms with Gasteiger partial charge in [-0.3, -0.25) is 10.1 Å². The summed E-state index contributed by atoms with van der Waals surface area (Å²) in [4.78, 5) is 17.5. The Labute approximate surface area is 125 Å². The van der Waals surface area contributed by atoms with Crippen LogP contribution < -0.4 is 10.5 Å². The van der Waals surface area contributed by atoms with Crippen molar-refractivity contribution in [2.24, 2.45) is 5.73 Å². The van der Waals surface area contributed by atoms with Crippen LogP contribution in [0, 0.1) is 28.4 Å². The van der Waals surface area contributed by atoms with Gasteiger partial charge < -0.3 is 15.5 Å². The molecule has 0 spiro atoms. The lowest BCUT2D eigenvalue weighted by Gasteiger charge is -2.22. The number of aromatic amines is 1. The van der Waals surface area contributed by atoms with E-state index in [9.17, 15) is 15.4 Å². The summed E-state index contributed by atoms with van der Waals surface area (Å²) in [6.45, 7) is 1.76. The monoisotopic (exact) mass is 297 g/mol. The second kappa shape index (κ2) is 4.89. The Morgan fingerprint density at radius 3 is 2.73 bits per heavy atom. The molecule has 3 N–H and O–H groups in total. The van der Waals surface area contributed by atoms with Crippen LogP contribution in [0.3, 0.4) is 0 Å². The van der Waals surface area contributed by atoms with E-state index in [2.05, 4.69) is 9.97 Å². The van der Waals surface area contributed by atoms with Crippen molar-refractivity contribution < 1.29 is 9.66 Å². The van der Waals surface area contributed by atoms with Crippen molar-refractivity contribution in [2.45, 2.75) is 12.8 Å². The number of aryl methyl sites for hydroxylation is 1. The fraction of sp³-hybridized carbons (Fsp3) is 0.143. The molecular weight excluding hydrogens is 286 g/mol. The van der Waals surface area contributed by atoms with Gasteiger partial charge in [-0.2, -0.15) is 10.2 Å². The van der Waals surface area contributed by atoms with E-state index in [1.165, 1.54) is 12.1 Å². The maximum Gasteiger partial charge on any atom is 0.269 e. The highest BCUT2D eigenvalue weighted by atomic mass is 16.6. The zero-order chi connectivity index (χ0) is 15.9. The summed E-state index contributed by atoms with van der Waals surface area (Å²) >= 11 is 0. The normalized spacial score (nSPS) is 16.6. The molecule has 8 nitrogen and oxygen atoms in total. The lowest BCUT2D eigenvalue weighted by molar-refractivity contribution is -0.384. The van der Waals surface area contributed by atoms with Gasteiger partial charge in [-0.15, -0.1) is 0 Å². The van der Waals surface area contributed by atoms with Crippen molar-refractivity contribution >= 4 is 5.69 Å². The lowest BCUT2D eigenvalue weighted by Crippen LogP contribution is -2.21. The molecule has 1 aliphatic heterocycles. The van der Waals surface area contributed by atoms with E-state index in [1.807, 2.05) is 6.07 Å². The number of nitro benzene ring substituents is 1. The van der Waals surface area contributed by atoms with E-state index in [4.69, 9.17) is 10.5 Å². The Balaban J connectivity index is 2.14. The van der Waals surface area contributed by atoms with Crippen LogP contribution in [-0.4, -0.2) is 14.9 Å². The largest absolute Gasteiger partial charge is 0.420 e. The Morgan fingerprint density at radius 1 is 1.45 bits per heavy atom. The molecule has 1 atom stereocenters. The van der Waals surface area contributed by atoms with Crippen molar-refractivity contribution in [3.8, 4) is 11.9 Å². The minimum atomic E-state index is -0.490. The zero-order valence-corrected chi connectivity index (χ0v) is 11.5. The first kappa shape index (κ1) is 13.6. The minimum absolute atomic E-state index is 0.00940. The molecule has 1 aromatic heterocycles. The molecule has 0 amide bonds. The smallest absolute Gasteiger partial charge is 0.269 e. The number of ether oxygens (including phenoxy) is 1. The van der Waals surface area contributed by atoms with E-state index >= 15 is 0 Å². The van der Waals surface area contributed by atoms with Gasteiger partial charge in [0.05, 0.1) is 16.5 Å². The van der Waals surface area contributed by atoms with E-state index < -0.39 is 10.8 Å². The van der Waals surface area contributed by atoms with Crippen LogP contribution in [0.25, 0.3) is 0 Å². The molecule has 1 aromatic carbocycles. The molecule has 110 valence electrons. The number of rotatable bonds is 2. The molecule has 0 saturated heterocycles. The van der Waals surface area contributed by atoms with Crippen molar-refractivity contribution in [1.29, 1.82) is 5.26 Å². The fourth-order valence-corrected chi connectivity index (χ4v) is 2.45. The summed E-state index contributed by atoms with van der Waals surface area (Å²) < 4.78 is 5.35. The van der Waals surface area contributed by atoms with Gasteiger partial charge in [0.25, 0.3) is 5.69 Å². The lowest BCUT2D eigenvalue weighted by atomic mass is 9.88. The third kappa shape index (κ3) is 2.05. The van der Waals surface area contributed by atoms with Crippen molar-refractivity contribution in [2.75, 3.05) is 0 Å². The standard InChI is InChI=1S/C14H11N5O3/c1-7-17-12-11(8-2-4-9(5-3-8)19(20)21)10(6-15)13(16)22-14(12)18-7/h2-5,11H,16H2,1H3,(H,17,18). The van der Waals surface area contributed by atoms with Gasteiger partial charge in [0.2, 0.25) is 11.8 Å². The topological polar surface area (TPSA) is 131 Å². The number of H-pyrrole nitrogens is 1. The van der Waals surface area contributed by atoms with Gasteiger partial charge in [-0.25, -0.2) is 0 Å². The second-order valence-corrected chi connectivity index (χ2v) is 4.81. The SMILES string of the molecule is Cc1nc2c([nH]1)C(c1ccc([N+](=O)[O-])cc1)C(C#N)=C(N)O2. The first-order valence-electron chi connectivity index (χ1n) is 6.39. The number of nitriles is 1. The van der Waals surface area contributed by atoms with E-state index in [0.29, 0.717) is 23.0 Å². The van der Waals surface area contributed by atoms with Gasteiger partial charge >= 0.3 is 0 Å². The Kier molecular flexibility index (Phi) is 3.03. The minimum Gasteiger partial charge on any atom is -0.420 e. The molecule has 0 bridgehead atoms. The first-order valence-corrected chi connectivity index (χ1v) is 6.39. The van der Waals surface area contributed by atoms with Crippen LogP contribution in [0.1, 0.15) is 23.0 Å². The van der Waals surface area contributed by atoms with E-state index in [0.717, 1.165) is 0 Å². The van der Waals surface area contributed by atoms with Gasteiger partial charge in [0, 0.05) is 12.1 Å². The summed E-state index contributed by atoms with van der Waals surface area (Å²) in [6.07, 6.45) is 0. The fourth-order valence-electron chi connectivity index (χ4n) is 2.45. The Morgan fingerprint density at radius 2 is 2.14 bits per heavy atom. The highest BCUT2D eigenvalue weighted by Crippen LogP contribution is 2.40. The van der Waals surface area contributed by atoms with E-state index in [-0.39, 0.29) is 17.1 Å². The van der Waals surface area contributed by atoms with Crippen LogP contribution >= 0.6 is 0 Å². The number of aromatic nitrogens is 2. The highest BCUT2D eigenvalue weighted by molar-refractivity contribution is 5.52. The second-order valence-electron chi connectivity index (χ2n) is 4.81. The quantitative estimate of drug-likeness (QED) is 0.642. The van der Waals surface area contributed by atoms with Crippen LogP contribution in [0.4, 0.5) is 5.69 Å². The average molecular weight is 297 g/mol. The third-order valence-corrected chi connectivity index (χ3v) is 3.42. The molecule has 22 heavy (non-hydrogen) atoms. The van der Waals surface area contributed by atoms with Crippen LogP contribution in [0.15, 0.2) is 35.7 Å². The summed E-state index contributed by atoms with van der Waals surface area (Å²) in [6, 6.07) is 8.01. The number of nitro groups is 1. The molecule has 1 unspecified atom stereocenters. The molecule has 1 aliphatic rings. The molecular formula is C14H11N5O3. The molecule has 0 aliphatic carbocycles. The number of nitrogens with one attached hydrogen (secondary N) is 1. The van der Waals surface area contributed by atoms with Gasteiger partial charge in [0.15, 0.2) is 0 Å². The maximum absolute atomic E-state index is 10.8. The Bertz CT molecular complexity index is 829. The van der Waals surface area contributed by atoms with Crippen LogP contribution in [-0.2, 0) is 0 Å². The van der Waals surface area contributed by atoms with Crippen molar-refractivity contribution in [3.05, 3.63) is 62.9 Å². The van der Waals surface area contributed by atoms with Crippen LogP contribution in [0.2, 0.25) is 0 Å². The number of nitrogens with zero attached hydrogens (tertiary/aromatic N) is 3. The number of benzene rings is 1.